The summed E-state index contributed by atoms with van der Waals surface area (Å²) in [7, 11) is 0. The van der Waals surface area contributed by atoms with Crippen LogP contribution in [0.15, 0.2) is 61.5 Å². The van der Waals surface area contributed by atoms with Crippen molar-refractivity contribution in [3.8, 4) is 0 Å². The zero-order chi connectivity index (χ0) is 23.5. The van der Waals surface area contributed by atoms with Gasteiger partial charge < -0.3 is 16.0 Å². The van der Waals surface area contributed by atoms with Crippen LogP contribution in [0.5, 0.6) is 0 Å². The highest BCUT2D eigenvalue weighted by molar-refractivity contribution is 7.21. The molecule has 0 spiro atoms. The Bertz CT molecular complexity index is 1210. The van der Waals surface area contributed by atoms with Crippen LogP contribution in [0.1, 0.15) is 35.9 Å². The van der Waals surface area contributed by atoms with Crippen molar-refractivity contribution in [3.63, 3.8) is 0 Å². The van der Waals surface area contributed by atoms with Gasteiger partial charge in [0.25, 0.3) is 5.91 Å². The van der Waals surface area contributed by atoms with Gasteiger partial charge >= 0.3 is 6.03 Å². The van der Waals surface area contributed by atoms with Crippen molar-refractivity contribution in [3.05, 3.63) is 66.4 Å². The summed E-state index contributed by atoms with van der Waals surface area (Å²) < 4.78 is 0. The molecule has 1 saturated carbocycles. The number of carbonyl (C=O) groups is 3. The van der Waals surface area contributed by atoms with Crippen LogP contribution < -0.4 is 20.9 Å². The lowest BCUT2D eigenvalue weighted by Crippen LogP contribution is -2.48. The fourth-order valence-corrected chi connectivity index (χ4v) is 5.23. The zero-order valence-corrected chi connectivity index (χ0v) is 19.1. The molecule has 0 aromatic carbocycles. The Morgan fingerprint density at radius 3 is 2.70 bits per heavy atom. The Kier molecular flexibility index (Phi) is 6.41. The molecule has 4 amide bonds. The molecule has 3 N–H and O–H groups in total. The number of rotatable bonds is 7. The highest BCUT2D eigenvalue weighted by Gasteiger charge is 2.35. The highest BCUT2D eigenvalue weighted by atomic mass is 32.1. The average molecular weight is 464 g/mol. The van der Waals surface area contributed by atoms with Crippen LogP contribution in [0, 0.1) is 0 Å². The maximum absolute atomic E-state index is 13.2. The summed E-state index contributed by atoms with van der Waals surface area (Å²) in [4.78, 5) is 45.0. The van der Waals surface area contributed by atoms with Gasteiger partial charge in [-0.15, -0.1) is 11.3 Å². The van der Waals surface area contributed by atoms with E-state index in [1.165, 1.54) is 22.3 Å². The number of hydrogen-bond donors (Lipinski definition) is 3. The van der Waals surface area contributed by atoms with Crippen LogP contribution in [0.4, 0.5) is 16.2 Å². The van der Waals surface area contributed by atoms with Gasteiger partial charge in [-0.1, -0.05) is 25.3 Å². The molecule has 4 rings (SSSR count). The monoisotopic (exact) mass is 463 g/mol. The number of urea groups is 1. The highest BCUT2D eigenvalue weighted by Crippen LogP contribution is 2.44. The maximum atomic E-state index is 13.2. The summed E-state index contributed by atoms with van der Waals surface area (Å²) >= 11 is 1.23. The predicted molar refractivity (Wildman–Crippen MR) is 131 cm³/mol. The summed E-state index contributed by atoms with van der Waals surface area (Å²) in [5.74, 6) is -0.561. The zero-order valence-electron chi connectivity index (χ0n) is 18.3. The third-order valence-corrected chi connectivity index (χ3v) is 6.82. The van der Waals surface area contributed by atoms with Gasteiger partial charge in [0.1, 0.15) is 9.71 Å². The third-order valence-electron chi connectivity index (χ3n) is 5.72. The second kappa shape index (κ2) is 9.41. The van der Waals surface area contributed by atoms with Gasteiger partial charge in [-0.05, 0) is 50.5 Å². The molecule has 170 valence electrons. The first-order chi connectivity index (χ1) is 16.0. The van der Waals surface area contributed by atoms with E-state index in [2.05, 4.69) is 34.1 Å². The Hall–Kier alpha value is -3.72. The van der Waals surface area contributed by atoms with Crippen molar-refractivity contribution in [2.24, 2.45) is 0 Å². The lowest BCUT2D eigenvalue weighted by atomic mass is 10.1. The van der Waals surface area contributed by atoms with E-state index in [0.717, 1.165) is 19.3 Å². The molecular weight excluding hydrogens is 438 g/mol. The van der Waals surface area contributed by atoms with Crippen molar-refractivity contribution < 1.29 is 14.4 Å². The van der Waals surface area contributed by atoms with Crippen LogP contribution in [0.25, 0.3) is 10.2 Å². The second-order valence-electron chi connectivity index (χ2n) is 7.73. The molecule has 1 aliphatic carbocycles. The lowest BCUT2D eigenvalue weighted by molar-refractivity contribution is -0.117. The number of thiophene rings is 1. The summed E-state index contributed by atoms with van der Waals surface area (Å²) in [6, 6.07) is 1.02. The van der Waals surface area contributed by atoms with Gasteiger partial charge in [0, 0.05) is 18.3 Å². The van der Waals surface area contributed by atoms with Crippen molar-refractivity contribution in [1.29, 1.82) is 0 Å². The third kappa shape index (κ3) is 4.19. The van der Waals surface area contributed by atoms with E-state index in [1.54, 1.807) is 24.4 Å². The van der Waals surface area contributed by atoms with E-state index in [0.29, 0.717) is 32.2 Å². The Morgan fingerprint density at radius 1 is 1.24 bits per heavy atom. The Labute approximate surface area is 195 Å². The first-order valence-corrected chi connectivity index (χ1v) is 11.5. The molecule has 2 aromatic heterocycles. The fraction of sp³-hybridized carbons (Fsp3) is 0.250. The van der Waals surface area contributed by atoms with E-state index < -0.39 is 0 Å². The summed E-state index contributed by atoms with van der Waals surface area (Å²) in [6.07, 6.45) is 12.4. The summed E-state index contributed by atoms with van der Waals surface area (Å²) in [5, 5.41) is 9.50. The van der Waals surface area contributed by atoms with Crippen LogP contribution in [-0.4, -0.2) is 34.9 Å². The molecule has 0 unspecified atom stereocenters. The van der Waals surface area contributed by atoms with E-state index in [-0.39, 0.29) is 29.9 Å². The van der Waals surface area contributed by atoms with Crippen LogP contribution in [-0.2, 0) is 4.79 Å². The second-order valence-corrected chi connectivity index (χ2v) is 8.73. The SMILES string of the molecule is C=CC(=O)N[C@@H]1CCC[C@@H]1NC(=O)c1sc2nccc3c2c1NC(=O)N3/C(C=C)=C/C=C\C. The van der Waals surface area contributed by atoms with Gasteiger partial charge in [-0.25, -0.2) is 9.78 Å². The number of carbonyl (C=O) groups excluding carboxylic acids is 3. The van der Waals surface area contributed by atoms with Gasteiger partial charge in [-0.3, -0.25) is 14.5 Å². The predicted octanol–water partition coefficient (Wildman–Crippen LogP) is 4.25. The van der Waals surface area contributed by atoms with Crippen LogP contribution in [0.2, 0.25) is 0 Å². The van der Waals surface area contributed by atoms with Gasteiger partial charge in [0.2, 0.25) is 5.91 Å². The number of allylic oxidation sites excluding steroid dienone is 4. The van der Waals surface area contributed by atoms with Crippen LogP contribution in [0.3, 0.4) is 0 Å². The number of pyridine rings is 1. The molecule has 1 fully saturated rings. The number of nitrogens with zero attached hydrogens (tertiary/aromatic N) is 2. The molecule has 2 atom stereocenters. The molecular formula is C24H25N5O3S. The minimum Gasteiger partial charge on any atom is -0.348 e. The molecule has 0 saturated heterocycles. The number of anilines is 2. The number of aromatic nitrogens is 1. The molecule has 1 aliphatic heterocycles. The smallest absolute Gasteiger partial charge is 0.331 e. The normalized spacial score (nSPS) is 20.1. The lowest BCUT2D eigenvalue weighted by Gasteiger charge is -2.29. The molecule has 2 aromatic rings. The molecule has 2 aliphatic rings. The van der Waals surface area contributed by atoms with E-state index in [4.69, 9.17) is 0 Å². The number of amides is 4. The first-order valence-electron chi connectivity index (χ1n) is 10.7. The summed E-state index contributed by atoms with van der Waals surface area (Å²) in [5.41, 5.74) is 1.70. The molecule has 3 heterocycles. The van der Waals surface area contributed by atoms with Crippen molar-refractivity contribution in [1.82, 2.24) is 15.6 Å². The first kappa shape index (κ1) is 22.5. The molecule has 0 bridgehead atoms. The minimum absolute atomic E-state index is 0.157. The Morgan fingerprint density at radius 2 is 2.00 bits per heavy atom. The van der Waals surface area contributed by atoms with Gasteiger partial charge in [0.05, 0.1) is 22.5 Å². The summed E-state index contributed by atoms with van der Waals surface area (Å²) in [6.45, 7) is 9.20. The molecule has 8 nitrogen and oxygen atoms in total. The largest absolute Gasteiger partial charge is 0.348 e. The van der Waals surface area contributed by atoms with E-state index >= 15 is 0 Å². The molecule has 9 heteroatoms. The van der Waals surface area contributed by atoms with Crippen LogP contribution >= 0.6 is 11.3 Å². The van der Waals surface area contributed by atoms with Gasteiger partial charge in [0.15, 0.2) is 0 Å². The maximum Gasteiger partial charge on any atom is 0.331 e. The van der Waals surface area contributed by atoms with Crippen molar-refractivity contribution >= 4 is 50.8 Å². The topological polar surface area (TPSA) is 103 Å². The number of hydrogen-bond acceptors (Lipinski definition) is 5. The minimum atomic E-state index is -0.380. The van der Waals surface area contributed by atoms with Crippen molar-refractivity contribution in [2.75, 3.05) is 10.2 Å². The van der Waals surface area contributed by atoms with Crippen molar-refractivity contribution in [2.45, 2.75) is 38.3 Å². The number of nitrogens with one attached hydrogen (secondary N) is 3. The fourth-order valence-electron chi connectivity index (χ4n) is 4.21. The molecule has 0 radical (unpaired) electrons. The Balaban J connectivity index is 1.68. The van der Waals surface area contributed by atoms with Gasteiger partial charge in [-0.2, -0.15) is 0 Å². The standard InChI is InChI=1S/C24H25N5O3S/c1-4-7-9-14(5-2)29-17-12-13-25-23-19(17)20(28-24(29)32)21(33-23)22(31)27-16-11-8-10-15(16)26-18(30)6-3/h4-7,9,12-13,15-16H,2-3,8,10-11H2,1H3,(H,26,30)(H,27,31)(H,28,32)/b7-4-,14-9+/t15-,16+/m1/s1. The van der Waals surface area contributed by atoms with E-state index in [1.807, 2.05) is 19.1 Å². The molecule has 33 heavy (non-hydrogen) atoms. The van der Waals surface area contributed by atoms with E-state index in [9.17, 15) is 14.4 Å². The quantitative estimate of drug-likeness (QED) is 0.422. The average Bonchev–Trinajstić information content (AvgIpc) is 3.40.